The van der Waals surface area contributed by atoms with E-state index in [1.165, 1.54) is 6.07 Å². The average Bonchev–Trinajstić information content (AvgIpc) is 2.43. The number of aryl methyl sites for hydroxylation is 1. The number of rotatable bonds is 2. The van der Waals surface area contributed by atoms with E-state index in [1.54, 1.807) is 11.0 Å². The summed E-state index contributed by atoms with van der Waals surface area (Å²) in [4.78, 5) is 13.8. The van der Waals surface area contributed by atoms with Gasteiger partial charge in [0, 0.05) is 24.8 Å². The second kappa shape index (κ2) is 7.07. The van der Waals surface area contributed by atoms with Crippen molar-refractivity contribution in [3.8, 4) is 0 Å². The number of carbonyl (C=O) groups is 1. The Morgan fingerprint density at radius 3 is 2.52 bits per heavy atom. The third-order valence-electron chi connectivity index (χ3n) is 3.77. The number of carbonyl (C=O) groups excluding carboxylic acids is 1. The molecule has 0 spiro atoms. The topological polar surface area (TPSA) is 41.6 Å². The van der Waals surface area contributed by atoms with Crippen LogP contribution >= 0.6 is 15.9 Å². The van der Waals surface area contributed by atoms with Crippen LogP contribution in [0.2, 0.25) is 0 Å². The summed E-state index contributed by atoms with van der Waals surface area (Å²) in [5.74, 6) is -0.274. The molecule has 0 radical (unpaired) electrons. The Morgan fingerprint density at radius 2 is 1.96 bits per heavy atom. The molecule has 0 aliphatic carbocycles. The molecule has 0 saturated carbocycles. The molecule has 0 unspecified atom stereocenters. The molecule has 1 N–H and O–H groups in total. The highest BCUT2D eigenvalue weighted by Gasteiger charge is 2.27. The summed E-state index contributed by atoms with van der Waals surface area (Å²) in [5.41, 5.74) is 1.33. The number of amides is 1. The monoisotopic (exact) mass is 386 g/mol. The largest absolute Gasteiger partial charge is 0.444 e. The second-order valence-electron chi connectivity index (χ2n) is 6.97. The van der Waals surface area contributed by atoms with Crippen LogP contribution < -0.4 is 5.32 Å². The Balaban J connectivity index is 1.90. The van der Waals surface area contributed by atoms with Gasteiger partial charge in [-0.3, -0.25) is 0 Å². The molecule has 1 aliphatic heterocycles. The molecule has 1 heterocycles. The van der Waals surface area contributed by atoms with Gasteiger partial charge in [-0.2, -0.15) is 0 Å². The third kappa shape index (κ3) is 5.09. The van der Waals surface area contributed by atoms with E-state index >= 15 is 0 Å². The maximum atomic E-state index is 13.7. The fourth-order valence-corrected chi connectivity index (χ4v) is 3.01. The van der Waals surface area contributed by atoms with Crippen LogP contribution in [0.4, 0.5) is 14.9 Å². The standard InChI is InChI=1S/C17H24BrFN2O2/c1-11-9-13(18)14(19)10-15(11)20-12-5-7-21(8-6-12)16(22)23-17(2,3)4/h9-10,12,20H,5-8H2,1-4H3. The number of ether oxygens (including phenoxy) is 1. The molecule has 1 fully saturated rings. The summed E-state index contributed by atoms with van der Waals surface area (Å²) >= 11 is 3.19. The Kier molecular flexibility index (Phi) is 5.55. The first-order valence-electron chi connectivity index (χ1n) is 7.86. The summed E-state index contributed by atoms with van der Waals surface area (Å²) < 4.78 is 19.5. The Labute approximate surface area is 145 Å². The molecular formula is C17H24BrFN2O2. The number of nitrogens with one attached hydrogen (secondary N) is 1. The van der Waals surface area contributed by atoms with Crippen molar-refractivity contribution in [2.45, 2.75) is 52.2 Å². The lowest BCUT2D eigenvalue weighted by atomic mass is 10.0. The van der Waals surface area contributed by atoms with Crippen molar-refractivity contribution in [2.24, 2.45) is 0 Å². The molecule has 1 aliphatic rings. The summed E-state index contributed by atoms with van der Waals surface area (Å²) in [7, 11) is 0. The van der Waals surface area contributed by atoms with Crippen LogP contribution in [0.3, 0.4) is 0 Å². The predicted molar refractivity (Wildman–Crippen MR) is 93.3 cm³/mol. The van der Waals surface area contributed by atoms with E-state index in [1.807, 2.05) is 27.7 Å². The van der Waals surface area contributed by atoms with Crippen LogP contribution in [0.15, 0.2) is 16.6 Å². The first-order valence-corrected chi connectivity index (χ1v) is 8.65. The first kappa shape index (κ1) is 18.0. The quantitative estimate of drug-likeness (QED) is 0.799. The van der Waals surface area contributed by atoms with Crippen LogP contribution in [0.1, 0.15) is 39.2 Å². The van der Waals surface area contributed by atoms with Crippen LogP contribution in [0.5, 0.6) is 0 Å². The van der Waals surface area contributed by atoms with Gasteiger partial charge in [-0.15, -0.1) is 0 Å². The second-order valence-corrected chi connectivity index (χ2v) is 7.82. The highest BCUT2D eigenvalue weighted by atomic mass is 79.9. The molecule has 23 heavy (non-hydrogen) atoms. The van der Waals surface area contributed by atoms with Crippen molar-refractivity contribution in [2.75, 3.05) is 18.4 Å². The van der Waals surface area contributed by atoms with Crippen LogP contribution in [-0.2, 0) is 4.74 Å². The van der Waals surface area contributed by atoms with Crippen molar-refractivity contribution in [3.05, 3.63) is 28.0 Å². The lowest BCUT2D eigenvalue weighted by Crippen LogP contribution is -2.44. The van der Waals surface area contributed by atoms with Crippen molar-refractivity contribution >= 4 is 27.7 Å². The van der Waals surface area contributed by atoms with Gasteiger partial charge in [0.05, 0.1) is 4.47 Å². The van der Waals surface area contributed by atoms with Crippen LogP contribution in [-0.4, -0.2) is 35.7 Å². The molecule has 128 valence electrons. The van der Waals surface area contributed by atoms with Crippen LogP contribution in [0, 0.1) is 12.7 Å². The molecule has 2 rings (SSSR count). The molecule has 0 aromatic heterocycles. The molecule has 0 bridgehead atoms. The van der Waals surface area contributed by atoms with Gasteiger partial charge in [-0.1, -0.05) is 0 Å². The van der Waals surface area contributed by atoms with Crippen molar-refractivity contribution in [3.63, 3.8) is 0 Å². The summed E-state index contributed by atoms with van der Waals surface area (Å²) in [6.45, 7) is 8.83. The number of benzene rings is 1. The van der Waals surface area contributed by atoms with Gasteiger partial charge < -0.3 is 15.0 Å². The summed E-state index contributed by atoms with van der Waals surface area (Å²) in [6.07, 6.45) is 1.37. The Bertz CT molecular complexity index is 579. The molecule has 1 aromatic rings. The zero-order chi connectivity index (χ0) is 17.2. The number of likely N-dealkylation sites (tertiary alicyclic amines) is 1. The maximum Gasteiger partial charge on any atom is 0.410 e. The van der Waals surface area contributed by atoms with E-state index in [4.69, 9.17) is 4.74 Å². The van der Waals surface area contributed by atoms with Crippen molar-refractivity contribution in [1.82, 2.24) is 4.90 Å². The van der Waals surface area contributed by atoms with Crippen molar-refractivity contribution < 1.29 is 13.9 Å². The fourth-order valence-electron chi connectivity index (χ4n) is 2.55. The normalized spacial score (nSPS) is 16.3. The maximum absolute atomic E-state index is 13.7. The molecule has 0 atom stereocenters. The highest BCUT2D eigenvalue weighted by molar-refractivity contribution is 9.10. The van der Waals surface area contributed by atoms with Gasteiger partial charge in [0.15, 0.2) is 0 Å². The molecule has 4 nitrogen and oxygen atoms in total. The number of halogens is 2. The van der Waals surface area contributed by atoms with E-state index < -0.39 is 5.60 Å². The molecule has 1 saturated heterocycles. The van der Waals surface area contributed by atoms with Gasteiger partial charge >= 0.3 is 6.09 Å². The van der Waals surface area contributed by atoms with Gasteiger partial charge in [-0.25, -0.2) is 9.18 Å². The smallest absolute Gasteiger partial charge is 0.410 e. The SMILES string of the molecule is Cc1cc(Br)c(F)cc1NC1CCN(C(=O)OC(C)(C)C)CC1. The number of nitrogens with zero attached hydrogens (tertiary/aromatic N) is 1. The lowest BCUT2D eigenvalue weighted by molar-refractivity contribution is 0.0210. The van der Waals surface area contributed by atoms with E-state index in [0.717, 1.165) is 24.1 Å². The molecule has 6 heteroatoms. The van der Waals surface area contributed by atoms with Gasteiger partial charge in [0.25, 0.3) is 0 Å². The lowest BCUT2D eigenvalue weighted by Gasteiger charge is -2.34. The molecular weight excluding hydrogens is 363 g/mol. The van der Waals surface area contributed by atoms with E-state index in [2.05, 4.69) is 21.2 Å². The third-order valence-corrected chi connectivity index (χ3v) is 4.38. The van der Waals surface area contributed by atoms with Gasteiger partial charge in [0.1, 0.15) is 11.4 Å². The van der Waals surface area contributed by atoms with E-state index in [9.17, 15) is 9.18 Å². The minimum absolute atomic E-state index is 0.230. The van der Waals surface area contributed by atoms with Gasteiger partial charge in [-0.05, 0) is 74.2 Å². The number of hydrogen-bond donors (Lipinski definition) is 1. The minimum atomic E-state index is -0.474. The number of anilines is 1. The predicted octanol–water partition coefficient (Wildman–Crippen LogP) is 4.71. The zero-order valence-electron chi connectivity index (χ0n) is 14.1. The zero-order valence-corrected chi connectivity index (χ0v) is 15.7. The number of piperidine rings is 1. The Hall–Kier alpha value is -1.30. The summed E-state index contributed by atoms with van der Waals surface area (Å²) in [6, 6.07) is 3.51. The minimum Gasteiger partial charge on any atom is -0.444 e. The van der Waals surface area contributed by atoms with Crippen LogP contribution in [0.25, 0.3) is 0 Å². The van der Waals surface area contributed by atoms with E-state index in [-0.39, 0.29) is 18.0 Å². The fraction of sp³-hybridized carbons (Fsp3) is 0.588. The molecule has 1 aromatic carbocycles. The van der Waals surface area contributed by atoms with Gasteiger partial charge in [0.2, 0.25) is 0 Å². The Morgan fingerprint density at radius 1 is 1.35 bits per heavy atom. The highest BCUT2D eigenvalue weighted by Crippen LogP contribution is 2.26. The van der Waals surface area contributed by atoms with E-state index in [0.29, 0.717) is 17.6 Å². The summed E-state index contributed by atoms with van der Waals surface area (Å²) in [5, 5.41) is 3.39. The average molecular weight is 387 g/mol. The van der Waals surface area contributed by atoms with Crippen molar-refractivity contribution in [1.29, 1.82) is 0 Å². The first-order chi connectivity index (χ1) is 10.7. The number of hydrogen-bond acceptors (Lipinski definition) is 3. The molecule has 1 amide bonds.